The van der Waals surface area contributed by atoms with Crippen molar-refractivity contribution in [1.82, 2.24) is 9.88 Å². The maximum Gasteiger partial charge on any atom is 0.274 e. The highest BCUT2D eigenvalue weighted by atomic mass is 32.1. The lowest BCUT2D eigenvalue weighted by atomic mass is 10.0. The first-order chi connectivity index (χ1) is 15.2. The molecule has 3 rings (SSSR count). The minimum absolute atomic E-state index is 0.0296. The summed E-state index contributed by atoms with van der Waals surface area (Å²) in [5.74, 6) is 1.36. The monoisotopic (exact) mass is 452 g/mol. The number of amides is 1. The number of hydrogen-bond acceptors (Lipinski definition) is 5. The van der Waals surface area contributed by atoms with Crippen molar-refractivity contribution in [2.24, 2.45) is 0 Å². The molecule has 0 N–H and O–H groups in total. The summed E-state index contributed by atoms with van der Waals surface area (Å²) < 4.78 is 10.7. The molecule has 6 heteroatoms. The van der Waals surface area contributed by atoms with Crippen LogP contribution in [0.25, 0.3) is 10.4 Å². The van der Waals surface area contributed by atoms with Gasteiger partial charge < -0.3 is 14.4 Å². The fraction of sp³-hybridized carbons (Fsp3) is 0.385. The molecule has 5 nitrogen and oxygen atoms in total. The van der Waals surface area contributed by atoms with Crippen LogP contribution in [0.15, 0.2) is 36.4 Å². The number of nitrogens with zero attached hydrogens (tertiary/aromatic N) is 2. The molecule has 0 aliphatic rings. The Morgan fingerprint density at radius 3 is 2.34 bits per heavy atom. The van der Waals surface area contributed by atoms with Crippen LogP contribution in [-0.4, -0.2) is 42.6 Å². The van der Waals surface area contributed by atoms with Crippen LogP contribution in [0.5, 0.6) is 11.5 Å². The van der Waals surface area contributed by atoms with E-state index in [0.717, 1.165) is 21.0 Å². The Hall–Kier alpha value is -2.86. The zero-order valence-electron chi connectivity index (χ0n) is 20.0. The third-order valence-electron chi connectivity index (χ3n) is 5.68. The van der Waals surface area contributed by atoms with Crippen LogP contribution >= 0.6 is 11.3 Å². The van der Waals surface area contributed by atoms with E-state index in [1.807, 2.05) is 43.9 Å². The fourth-order valence-electron chi connectivity index (χ4n) is 3.67. The van der Waals surface area contributed by atoms with Crippen molar-refractivity contribution >= 4 is 17.2 Å². The van der Waals surface area contributed by atoms with E-state index in [2.05, 4.69) is 37.0 Å². The molecule has 0 saturated carbocycles. The quantitative estimate of drug-likeness (QED) is 0.430. The average Bonchev–Trinajstić information content (AvgIpc) is 3.16. The molecular formula is C26H32N2O3S. The zero-order valence-corrected chi connectivity index (χ0v) is 20.8. The summed E-state index contributed by atoms with van der Waals surface area (Å²) in [5.41, 5.74) is 5.12. The predicted molar refractivity (Wildman–Crippen MR) is 131 cm³/mol. The highest BCUT2D eigenvalue weighted by Gasteiger charge is 2.25. The first-order valence-corrected chi connectivity index (χ1v) is 11.6. The molecule has 0 atom stereocenters. The minimum Gasteiger partial charge on any atom is -0.493 e. The van der Waals surface area contributed by atoms with Gasteiger partial charge in [0.1, 0.15) is 5.69 Å². The molecule has 0 aliphatic carbocycles. The van der Waals surface area contributed by atoms with Gasteiger partial charge in [-0.3, -0.25) is 4.79 Å². The Bertz CT molecular complexity index is 1100. The van der Waals surface area contributed by atoms with Crippen molar-refractivity contribution in [2.45, 2.75) is 47.1 Å². The Morgan fingerprint density at radius 1 is 1.00 bits per heavy atom. The smallest absolute Gasteiger partial charge is 0.274 e. The molecule has 2 aromatic carbocycles. The molecule has 1 heterocycles. The largest absolute Gasteiger partial charge is 0.493 e. The van der Waals surface area contributed by atoms with Crippen molar-refractivity contribution in [1.29, 1.82) is 0 Å². The molecule has 0 radical (unpaired) electrons. The number of ether oxygens (including phenoxy) is 2. The van der Waals surface area contributed by atoms with E-state index < -0.39 is 0 Å². The molecule has 0 saturated heterocycles. The maximum atomic E-state index is 13.6. The van der Waals surface area contributed by atoms with Gasteiger partial charge in [0.25, 0.3) is 5.91 Å². The van der Waals surface area contributed by atoms with Crippen LogP contribution in [0, 0.1) is 20.8 Å². The van der Waals surface area contributed by atoms with Crippen LogP contribution in [0.4, 0.5) is 0 Å². The van der Waals surface area contributed by atoms with Crippen LogP contribution in [0.3, 0.4) is 0 Å². The van der Waals surface area contributed by atoms with Crippen molar-refractivity contribution in [3.05, 3.63) is 63.8 Å². The van der Waals surface area contributed by atoms with Gasteiger partial charge >= 0.3 is 0 Å². The molecule has 1 aromatic heterocycles. The third kappa shape index (κ3) is 5.13. The number of aromatic nitrogens is 1. The number of benzene rings is 2. The van der Waals surface area contributed by atoms with Crippen LogP contribution in [0.2, 0.25) is 0 Å². The Balaban J connectivity index is 1.87. The van der Waals surface area contributed by atoms with Gasteiger partial charge in [-0.15, -0.1) is 11.3 Å². The number of thiazole rings is 1. The maximum absolute atomic E-state index is 13.6. The molecule has 0 fully saturated rings. The molecule has 170 valence electrons. The predicted octanol–water partition coefficient (Wildman–Crippen LogP) is 5.85. The summed E-state index contributed by atoms with van der Waals surface area (Å²) in [4.78, 5) is 21.1. The lowest BCUT2D eigenvalue weighted by Crippen LogP contribution is -2.39. The van der Waals surface area contributed by atoms with E-state index in [-0.39, 0.29) is 11.9 Å². The van der Waals surface area contributed by atoms with E-state index in [1.54, 1.807) is 25.6 Å². The number of carbonyl (C=O) groups is 1. The molecule has 3 aromatic rings. The van der Waals surface area contributed by atoms with E-state index in [4.69, 9.17) is 9.47 Å². The van der Waals surface area contributed by atoms with Crippen molar-refractivity contribution in [3.63, 3.8) is 0 Å². The second kappa shape index (κ2) is 10.2. The van der Waals surface area contributed by atoms with E-state index in [0.29, 0.717) is 30.2 Å². The van der Waals surface area contributed by atoms with Crippen LogP contribution in [-0.2, 0) is 6.42 Å². The summed E-state index contributed by atoms with van der Waals surface area (Å²) in [6.45, 7) is 10.8. The molecule has 32 heavy (non-hydrogen) atoms. The van der Waals surface area contributed by atoms with E-state index in [9.17, 15) is 4.79 Å². The van der Waals surface area contributed by atoms with Gasteiger partial charge in [0.05, 0.1) is 24.1 Å². The van der Waals surface area contributed by atoms with E-state index >= 15 is 0 Å². The summed E-state index contributed by atoms with van der Waals surface area (Å²) in [5, 5.41) is 0.894. The number of carbonyl (C=O) groups excluding carboxylic acids is 1. The minimum atomic E-state index is -0.0296. The third-order valence-corrected chi connectivity index (χ3v) is 6.70. The topological polar surface area (TPSA) is 51.7 Å². The summed E-state index contributed by atoms with van der Waals surface area (Å²) in [7, 11) is 3.25. The fourth-order valence-corrected chi connectivity index (χ4v) is 4.57. The molecular weight excluding hydrogens is 420 g/mol. The first kappa shape index (κ1) is 23.8. The Morgan fingerprint density at radius 2 is 1.72 bits per heavy atom. The lowest BCUT2D eigenvalue weighted by Gasteiger charge is -2.26. The molecule has 0 aliphatic heterocycles. The first-order valence-electron chi connectivity index (χ1n) is 10.8. The summed E-state index contributed by atoms with van der Waals surface area (Å²) in [6.07, 6.45) is 0.715. The van der Waals surface area contributed by atoms with Gasteiger partial charge in [0.15, 0.2) is 11.5 Å². The van der Waals surface area contributed by atoms with Gasteiger partial charge in [0.2, 0.25) is 0 Å². The molecule has 1 amide bonds. The van der Waals surface area contributed by atoms with Gasteiger partial charge in [-0.1, -0.05) is 24.3 Å². The molecule has 0 spiro atoms. The highest BCUT2D eigenvalue weighted by molar-refractivity contribution is 7.15. The van der Waals surface area contributed by atoms with Crippen LogP contribution in [0.1, 0.15) is 46.0 Å². The standard InChI is InChI=1S/C26H32N2O3S/c1-16(2)28(13-12-20-9-11-22(30-6)23(15-20)31-7)26(29)24-25(32-19(5)27-24)21-10-8-17(3)18(4)14-21/h8-11,14-16H,12-13H2,1-7H3. The Labute approximate surface area is 195 Å². The number of methoxy groups -OCH3 is 2. The van der Waals surface area contributed by atoms with Crippen LogP contribution < -0.4 is 9.47 Å². The second-order valence-corrected chi connectivity index (χ2v) is 9.44. The molecule has 0 unspecified atom stereocenters. The van der Waals surface area contributed by atoms with E-state index in [1.165, 1.54) is 11.1 Å². The normalized spacial score (nSPS) is 11.0. The lowest BCUT2D eigenvalue weighted by molar-refractivity contribution is 0.0703. The van der Waals surface area contributed by atoms with Gasteiger partial charge in [-0.25, -0.2) is 4.98 Å². The Kier molecular flexibility index (Phi) is 7.56. The average molecular weight is 453 g/mol. The number of aryl methyl sites for hydroxylation is 3. The summed E-state index contributed by atoms with van der Waals surface area (Å²) >= 11 is 1.57. The SMILES string of the molecule is COc1ccc(CCN(C(=O)c2nc(C)sc2-c2ccc(C)c(C)c2)C(C)C)cc1OC. The van der Waals surface area contributed by atoms with Gasteiger partial charge in [0, 0.05) is 12.6 Å². The number of rotatable bonds is 8. The highest BCUT2D eigenvalue weighted by Crippen LogP contribution is 2.33. The summed E-state index contributed by atoms with van der Waals surface area (Å²) in [6, 6.07) is 12.3. The zero-order chi connectivity index (χ0) is 23.4. The molecule has 0 bridgehead atoms. The second-order valence-electron chi connectivity index (χ2n) is 8.24. The van der Waals surface area contributed by atoms with Gasteiger partial charge in [-0.05, 0) is 75.4 Å². The van der Waals surface area contributed by atoms with Gasteiger partial charge in [-0.2, -0.15) is 0 Å². The van der Waals surface area contributed by atoms with Crippen molar-refractivity contribution in [2.75, 3.05) is 20.8 Å². The van der Waals surface area contributed by atoms with Crippen molar-refractivity contribution < 1.29 is 14.3 Å². The number of hydrogen-bond donors (Lipinski definition) is 0. The van der Waals surface area contributed by atoms with Crippen molar-refractivity contribution in [3.8, 4) is 21.9 Å².